The molecule has 3 heteroatoms. The van der Waals surface area contributed by atoms with Gasteiger partial charge in [-0.2, -0.15) is 0 Å². The predicted molar refractivity (Wildman–Crippen MR) is 49.3 cm³/mol. The zero-order valence-corrected chi connectivity index (χ0v) is 7.57. The third-order valence-electron chi connectivity index (χ3n) is 2.09. The zero-order valence-electron chi connectivity index (χ0n) is 7.57. The highest BCUT2D eigenvalue weighted by Gasteiger charge is 2.12. The van der Waals surface area contributed by atoms with Gasteiger partial charge in [-0.15, -0.1) is 0 Å². The lowest BCUT2D eigenvalue weighted by molar-refractivity contribution is 0.168. The summed E-state index contributed by atoms with van der Waals surface area (Å²) in [5, 5.41) is 27.9. The average molecular weight is 182 g/mol. The first kappa shape index (κ1) is 10.0. The average Bonchev–Trinajstić information content (AvgIpc) is 2.16. The second kappa shape index (κ2) is 4.25. The largest absolute Gasteiger partial charge is 0.508 e. The molecule has 0 amide bonds. The van der Waals surface area contributed by atoms with Gasteiger partial charge in [0.25, 0.3) is 0 Å². The number of rotatable bonds is 3. The molecule has 0 spiro atoms. The minimum Gasteiger partial charge on any atom is -0.508 e. The van der Waals surface area contributed by atoms with E-state index in [-0.39, 0.29) is 12.4 Å². The number of benzene rings is 1. The lowest BCUT2D eigenvalue weighted by atomic mass is 10.0. The highest BCUT2D eigenvalue weighted by atomic mass is 16.3. The van der Waals surface area contributed by atoms with Crippen LogP contribution >= 0.6 is 0 Å². The fourth-order valence-corrected chi connectivity index (χ4v) is 1.30. The fraction of sp³-hybridized carbons (Fsp3) is 0.400. The van der Waals surface area contributed by atoms with Gasteiger partial charge in [-0.25, -0.2) is 0 Å². The first-order valence-electron chi connectivity index (χ1n) is 4.30. The van der Waals surface area contributed by atoms with Crippen molar-refractivity contribution in [2.45, 2.75) is 26.1 Å². The molecule has 3 N–H and O–H groups in total. The number of phenols is 1. The summed E-state index contributed by atoms with van der Waals surface area (Å²) in [6.45, 7) is 1.59. The summed E-state index contributed by atoms with van der Waals surface area (Å²) in [6, 6.07) is 4.86. The van der Waals surface area contributed by atoms with Crippen molar-refractivity contribution in [3.63, 3.8) is 0 Å². The van der Waals surface area contributed by atoms with E-state index in [4.69, 9.17) is 5.11 Å². The molecule has 0 aliphatic rings. The molecule has 1 rings (SSSR count). The summed E-state index contributed by atoms with van der Waals surface area (Å²) in [4.78, 5) is 0. The molecule has 1 aromatic carbocycles. The van der Waals surface area contributed by atoms with E-state index in [2.05, 4.69) is 0 Å². The Hall–Kier alpha value is -1.06. The number of hydrogen-bond acceptors (Lipinski definition) is 3. The van der Waals surface area contributed by atoms with Gasteiger partial charge in [0.05, 0.1) is 12.7 Å². The SMILES string of the molecule is CC[C@H](O)c1cccc(O)c1CO. The van der Waals surface area contributed by atoms with Gasteiger partial charge < -0.3 is 15.3 Å². The molecule has 0 unspecified atom stereocenters. The van der Waals surface area contributed by atoms with Crippen molar-refractivity contribution >= 4 is 0 Å². The standard InChI is InChI=1S/C10H14O3/c1-2-9(12)7-4-3-5-10(13)8(7)6-11/h3-5,9,11-13H,2,6H2,1H3/t9-/m0/s1. The summed E-state index contributed by atoms with van der Waals surface area (Å²) in [7, 11) is 0. The van der Waals surface area contributed by atoms with Crippen LogP contribution < -0.4 is 0 Å². The molecule has 0 heterocycles. The van der Waals surface area contributed by atoms with Crippen molar-refractivity contribution in [3.8, 4) is 5.75 Å². The molecule has 0 aliphatic heterocycles. The molecule has 1 atom stereocenters. The molecule has 72 valence electrons. The van der Waals surface area contributed by atoms with E-state index in [9.17, 15) is 10.2 Å². The first-order valence-corrected chi connectivity index (χ1v) is 4.30. The smallest absolute Gasteiger partial charge is 0.121 e. The summed E-state index contributed by atoms with van der Waals surface area (Å²) >= 11 is 0. The van der Waals surface area contributed by atoms with Crippen LogP contribution in [0.25, 0.3) is 0 Å². The van der Waals surface area contributed by atoms with Crippen molar-refractivity contribution in [1.29, 1.82) is 0 Å². The molecule has 0 fully saturated rings. The lowest BCUT2D eigenvalue weighted by Gasteiger charge is -2.13. The summed E-state index contributed by atoms with van der Waals surface area (Å²) in [5.74, 6) is 0.0347. The van der Waals surface area contributed by atoms with Gasteiger partial charge in [0.2, 0.25) is 0 Å². The molecular formula is C10H14O3. The molecule has 3 nitrogen and oxygen atoms in total. The predicted octanol–water partition coefficient (Wildman–Crippen LogP) is 1.33. The number of aliphatic hydroxyl groups excluding tert-OH is 2. The third-order valence-corrected chi connectivity index (χ3v) is 2.09. The van der Waals surface area contributed by atoms with E-state index in [1.54, 1.807) is 12.1 Å². The summed E-state index contributed by atoms with van der Waals surface area (Å²) in [5.41, 5.74) is 1.02. The van der Waals surface area contributed by atoms with Crippen LogP contribution in [0.3, 0.4) is 0 Å². The van der Waals surface area contributed by atoms with Crippen molar-refractivity contribution in [1.82, 2.24) is 0 Å². The van der Waals surface area contributed by atoms with Crippen LogP contribution in [-0.2, 0) is 6.61 Å². The van der Waals surface area contributed by atoms with Crippen molar-refractivity contribution in [2.24, 2.45) is 0 Å². The second-order valence-electron chi connectivity index (χ2n) is 2.93. The Balaban J connectivity index is 3.12. The van der Waals surface area contributed by atoms with Gasteiger partial charge in [-0.05, 0) is 18.1 Å². The van der Waals surface area contributed by atoms with Crippen LogP contribution in [0.1, 0.15) is 30.6 Å². The first-order chi connectivity index (χ1) is 6.20. The van der Waals surface area contributed by atoms with Gasteiger partial charge in [-0.1, -0.05) is 19.1 Å². The highest BCUT2D eigenvalue weighted by molar-refractivity contribution is 5.39. The van der Waals surface area contributed by atoms with E-state index in [0.29, 0.717) is 17.5 Å². The summed E-state index contributed by atoms with van der Waals surface area (Å²) in [6.07, 6.45) is -0.0505. The molecule has 0 aliphatic carbocycles. The molecule has 0 saturated heterocycles. The molecule has 0 bridgehead atoms. The van der Waals surface area contributed by atoms with Crippen molar-refractivity contribution < 1.29 is 15.3 Å². The second-order valence-corrected chi connectivity index (χ2v) is 2.93. The van der Waals surface area contributed by atoms with Crippen LogP contribution in [0, 0.1) is 0 Å². The molecule has 0 saturated carbocycles. The molecule has 13 heavy (non-hydrogen) atoms. The Morgan fingerprint density at radius 3 is 2.62 bits per heavy atom. The van der Waals surface area contributed by atoms with E-state index < -0.39 is 6.10 Å². The number of aromatic hydroxyl groups is 1. The number of aliphatic hydroxyl groups is 2. The minimum atomic E-state index is -0.616. The van der Waals surface area contributed by atoms with Gasteiger partial charge in [0.1, 0.15) is 5.75 Å². The van der Waals surface area contributed by atoms with Crippen LogP contribution in [0.4, 0.5) is 0 Å². The van der Waals surface area contributed by atoms with Crippen LogP contribution in [-0.4, -0.2) is 15.3 Å². The van der Waals surface area contributed by atoms with E-state index in [0.717, 1.165) is 0 Å². The van der Waals surface area contributed by atoms with E-state index >= 15 is 0 Å². The van der Waals surface area contributed by atoms with Crippen LogP contribution in [0.5, 0.6) is 5.75 Å². The normalized spacial score (nSPS) is 12.8. The quantitative estimate of drug-likeness (QED) is 0.660. The molecule has 1 aromatic rings. The Bertz CT molecular complexity index is 283. The van der Waals surface area contributed by atoms with Crippen LogP contribution in [0.15, 0.2) is 18.2 Å². The Morgan fingerprint density at radius 1 is 1.38 bits per heavy atom. The monoisotopic (exact) mass is 182 g/mol. The van der Waals surface area contributed by atoms with E-state index in [1.165, 1.54) is 6.07 Å². The maximum atomic E-state index is 9.54. The summed E-state index contributed by atoms with van der Waals surface area (Å²) < 4.78 is 0. The Morgan fingerprint density at radius 2 is 2.08 bits per heavy atom. The lowest BCUT2D eigenvalue weighted by Crippen LogP contribution is -2.01. The van der Waals surface area contributed by atoms with Crippen molar-refractivity contribution in [3.05, 3.63) is 29.3 Å². The highest BCUT2D eigenvalue weighted by Crippen LogP contribution is 2.27. The number of hydrogen-bond donors (Lipinski definition) is 3. The fourth-order valence-electron chi connectivity index (χ4n) is 1.30. The van der Waals surface area contributed by atoms with Gasteiger partial charge in [0.15, 0.2) is 0 Å². The van der Waals surface area contributed by atoms with Gasteiger partial charge >= 0.3 is 0 Å². The van der Waals surface area contributed by atoms with Crippen molar-refractivity contribution in [2.75, 3.05) is 0 Å². The molecular weight excluding hydrogens is 168 g/mol. The van der Waals surface area contributed by atoms with Gasteiger partial charge in [0, 0.05) is 5.56 Å². The van der Waals surface area contributed by atoms with E-state index in [1.807, 2.05) is 6.92 Å². The third kappa shape index (κ3) is 1.99. The topological polar surface area (TPSA) is 60.7 Å². The maximum absolute atomic E-state index is 9.54. The van der Waals surface area contributed by atoms with Gasteiger partial charge in [-0.3, -0.25) is 0 Å². The van der Waals surface area contributed by atoms with Crippen LogP contribution in [0.2, 0.25) is 0 Å². The Labute approximate surface area is 77.3 Å². The maximum Gasteiger partial charge on any atom is 0.121 e. The molecule has 0 radical (unpaired) electrons. The molecule has 0 aromatic heterocycles. The zero-order chi connectivity index (χ0) is 9.84. The minimum absolute atomic E-state index is 0.0347. The Kier molecular flexibility index (Phi) is 3.28.